The number of furan rings is 1. The molecular weight excluding hydrogens is 344 g/mol. The number of amides is 2. The van der Waals surface area contributed by atoms with E-state index in [1.54, 1.807) is 18.2 Å². The van der Waals surface area contributed by atoms with Crippen molar-refractivity contribution < 1.29 is 18.7 Å². The number of nitrogens with one attached hydrogen (secondary N) is 2. The van der Waals surface area contributed by atoms with E-state index in [4.69, 9.17) is 9.15 Å². The van der Waals surface area contributed by atoms with Crippen molar-refractivity contribution in [1.29, 1.82) is 0 Å². The van der Waals surface area contributed by atoms with Gasteiger partial charge in [-0.2, -0.15) is 0 Å². The highest BCUT2D eigenvalue weighted by Gasteiger charge is 2.08. The fraction of sp³-hybridized carbons (Fsp3) is 0.0476. The lowest BCUT2D eigenvalue weighted by Gasteiger charge is -2.11. The fourth-order valence-corrected chi connectivity index (χ4v) is 2.34. The normalized spacial score (nSPS) is 10.5. The van der Waals surface area contributed by atoms with E-state index in [9.17, 15) is 9.59 Å². The number of hydrazine groups is 1. The molecular formula is C21H18N2O4. The number of rotatable bonds is 6. The first-order chi connectivity index (χ1) is 13.2. The van der Waals surface area contributed by atoms with Gasteiger partial charge >= 0.3 is 0 Å². The van der Waals surface area contributed by atoms with Crippen LogP contribution in [0.3, 0.4) is 0 Å². The number of hydrogen-bond donors (Lipinski definition) is 2. The molecule has 3 aromatic rings. The molecule has 3 rings (SSSR count). The van der Waals surface area contributed by atoms with Gasteiger partial charge in [0.15, 0.2) is 6.61 Å². The number of hydrogen-bond acceptors (Lipinski definition) is 4. The molecule has 2 aromatic carbocycles. The molecule has 2 N–H and O–H groups in total. The van der Waals surface area contributed by atoms with Gasteiger partial charge in [0.25, 0.3) is 11.8 Å². The number of para-hydroxylation sites is 1. The van der Waals surface area contributed by atoms with E-state index in [0.717, 1.165) is 11.1 Å². The molecule has 0 unspecified atom stereocenters. The van der Waals surface area contributed by atoms with Gasteiger partial charge in [0, 0.05) is 11.6 Å². The maximum Gasteiger partial charge on any atom is 0.276 e. The molecule has 0 fully saturated rings. The Morgan fingerprint density at radius 3 is 2.48 bits per heavy atom. The molecule has 0 saturated heterocycles. The molecule has 0 aliphatic carbocycles. The summed E-state index contributed by atoms with van der Waals surface area (Å²) in [5.74, 6) is 0.169. The summed E-state index contributed by atoms with van der Waals surface area (Å²) in [6.07, 6.45) is 4.25. The third kappa shape index (κ3) is 5.34. The van der Waals surface area contributed by atoms with Gasteiger partial charge in [0.1, 0.15) is 11.5 Å². The van der Waals surface area contributed by atoms with Gasteiger partial charge in [0.05, 0.1) is 6.26 Å². The van der Waals surface area contributed by atoms with E-state index in [0.29, 0.717) is 11.5 Å². The molecule has 0 aliphatic rings. The van der Waals surface area contributed by atoms with E-state index >= 15 is 0 Å². The maximum atomic E-state index is 11.9. The maximum absolute atomic E-state index is 11.9. The van der Waals surface area contributed by atoms with E-state index < -0.39 is 11.8 Å². The highest BCUT2D eigenvalue weighted by molar-refractivity contribution is 5.92. The number of carbonyl (C=O) groups is 2. The third-order valence-electron chi connectivity index (χ3n) is 3.60. The van der Waals surface area contributed by atoms with Crippen LogP contribution in [0.25, 0.3) is 17.2 Å². The Bertz CT molecular complexity index is 918. The Morgan fingerprint density at radius 2 is 1.70 bits per heavy atom. The van der Waals surface area contributed by atoms with Crippen molar-refractivity contribution in [2.45, 2.75) is 0 Å². The Hall–Kier alpha value is -3.80. The number of carbonyl (C=O) groups excluding carboxylic acids is 2. The highest BCUT2D eigenvalue weighted by Crippen LogP contribution is 2.29. The standard InChI is InChI=1S/C21H18N2O4/c24-20(13-12-17-9-6-14-26-17)22-23-21(25)15-27-19-11-5-4-10-18(19)16-7-2-1-3-8-16/h1-14H,15H2,(H,22,24)(H,23,25). The van der Waals surface area contributed by atoms with Crippen molar-refractivity contribution in [1.82, 2.24) is 10.9 Å². The molecule has 1 heterocycles. The molecule has 2 amide bonds. The zero-order chi connectivity index (χ0) is 18.9. The minimum atomic E-state index is -0.482. The average Bonchev–Trinajstić information content (AvgIpc) is 3.24. The second-order valence-corrected chi connectivity index (χ2v) is 5.54. The molecule has 6 nitrogen and oxygen atoms in total. The van der Waals surface area contributed by atoms with Gasteiger partial charge in [-0.15, -0.1) is 0 Å². The molecule has 0 radical (unpaired) electrons. The van der Waals surface area contributed by atoms with Crippen molar-refractivity contribution in [2.75, 3.05) is 6.61 Å². The van der Waals surface area contributed by atoms with Gasteiger partial charge in [0.2, 0.25) is 0 Å². The predicted octanol–water partition coefficient (Wildman–Crippen LogP) is 3.19. The van der Waals surface area contributed by atoms with Crippen LogP contribution in [0, 0.1) is 0 Å². The molecule has 0 aliphatic heterocycles. The first kappa shape index (κ1) is 18.0. The Balaban J connectivity index is 1.50. The van der Waals surface area contributed by atoms with Crippen molar-refractivity contribution in [3.8, 4) is 16.9 Å². The van der Waals surface area contributed by atoms with Gasteiger partial charge in [-0.05, 0) is 29.8 Å². The van der Waals surface area contributed by atoms with Crippen LogP contribution in [0.4, 0.5) is 0 Å². The average molecular weight is 362 g/mol. The predicted molar refractivity (Wildman–Crippen MR) is 101 cm³/mol. The van der Waals surface area contributed by atoms with E-state index in [2.05, 4.69) is 10.9 Å². The third-order valence-corrected chi connectivity index (χ3v) is 3.60. The second kappa shape index (κ2) is 9.05. The summed E-state index contributed by atoms with van der Waals surface area (Å²) in [7, 11) is 0. The summed E-state index contributed by atoms with van der Waals surface area (Å²) < 4.78 is 10.7. The first-order valence-corrected chi connectivity index (χ1v) is 8.30. The minimum absolute atomic E-state index is 0.230. The monoisotopic (exact) mass is 362 g/mol. The van der Waals surface area contributed by atoms with Crippen LogP contribution in [0.5, 0.6) is 5.75 Å². The fourth-order valence-electron chi connectivity index (χ4n) is 2.34. The smallest absolute Gasteiger partial charge is 0.276 e. The summed E-state index contributed by atoms with van der Waals surface area (Å²) in [5.41, 5.74) is 6.45. The van der Waals surface area contributed by atoms with Crippen molar-refractivity contribution in [2.24, 2.45) is 0 Å². The molecule has 0 spiro atoms. The number of benzene rings is 2. The summed E-state index contributed by atoms with van der Waals surface area (Å²) in [5, 5.41) is 0. The molecule has 136 valence electrons. The Labute approximate surface area is 156 Å². The van der Waals surface area contributed by atoms with Crippen LogP contribution in [-0.4, -0.2) is 18.4 Å². The molecule has 6 heteroatoms. The summed E-state index contributed by atoms with van der Waals surface area (Å²) in [6.45, 7) is -0.230. The minimum Gasteiger partial charge on any atom is -0.483 e. The van der Waals surface area contributed by atoms with E-state index in [-0.39, 0.29) is 6.61 Å². The summed E-state index contributed by atoms with van der Waals surface area (Å²) >= 11 is 0. The highest BCUT2D eigenvalue weighted by atomic mass is 16.5. The van der Waals surface area contributed by atoms with Crippen LogP contribution in [0.1, 0.15) is 5.76 Å². The van der Waals surface area contributed by atoms with Crippen LogP contribution < -0.4 is 15.6 Å². The summed E-state index contributed by atoms with van der Waals surface area (Å²) in [4.78, 5) is 23.6. The lowest BCUT2D eigenvalue weighted by molar-refractivity contribution is -0.128. The molecule has 1 aromatic heterocycles. The topological polar surface area (TPSA) is 80.6 Å². The van der Waals surface area contributed by atoms with Crippen molar-refractivity contribution >= 4 is 17.9 Å². The van der Waals surface area contributed by atoms with Gasteiger partial charge in [-0.1, -0.05) is 48.5 Å². The lowest BCUT2D eigenvalue weighted by atomic mass is 10.1. The van der Waals surface area contributed by atoms with Crippen LogP contribution in [0.15, 0.2) is 83.5 Å². The summed E-state index contributed by atoms with van der Waals surface area (Å²) in [6, 6.07) is 20.6. The molecule has 0 atom stereocenters. The van der Waals surface area contributed by atoms with Gasteiger partial charge in [-0.25, -0.2) is 0 Å². The zero-order valence-electron chi connectivity index (χ0n) is 14.4. The van der Waals surface area contributed by atoms with Crippen molar-refractivity contribution in [3.05, 3.63) is 84.8 Å². The zero-order valence-corrected chi connectivity index (χ0v) is 14.4. The quantitative estimate of drug-likeness (QED) is 0.521. The first-order valence-electron chi connectivity index (χ1n) is 8.30. The Kier molecular flexibility index (Phi) is 6.04. The Morgan fingerprint density at radius 1 is 0.926 bits per heavy atom. The van der Waals surface area contributed by atoms with Crippen LogP contribution in [0.2, 0.25) is 0 Å². The van der Waals surface area contributed by atoms with Crippen LogP contribution >= 0.6 is 0 Å². The van der Waals surface area contributed by atoms with Gasteiger partial charge in [-0.3, -0.25) is 20.4 Å². The number of ether oxygens (including phenoxy) is 1. The molecule has 0 bridgehead atoms. The second-order valence-electron chi connectivity index (χ2n) is 5.54. The molecule has 27 heavy (non-hydrogen) atoms. The van der Waals surface area contributed by atoms with E-state index in [1.165, 1.54) is 18.4 Å². The molecule has 0 saturated carbocycles. The largest absolute Gasteiger partial charge is 0.483 e. The van der Waals surface area contributed by atoms with Crippen molar-refractivity contribution in [3.63, 3.8) is 0 Å². The van der Waals surface area contributed by atoms with Gasteiger partial charge < -0.3 is 9.15 Å². The van der Waals surface area contributed by atoms with E-state index in [1.807, 2.05) is 48.5 Å². The van der Waals surface area contributed by atoms with Crippen LogP contribution in [-0.2, 0) is 9.59 Å². The lowest BCUT2D eigenvalue weighted by Crippen LogP contribution is -2.43. The SMILES string of the molecule is O=C(C=Cc1ccco1)NNC(=O)COc1ccccc1-c1ccccc1.